The molecule has 0 amide bonds. The summed E-state index contributed by atoms with van der Waals surface area (Å²) in [5, 5.41) is 0. The van der Waals surface area contributed by atoms with E-state index >= 15 is 0 Å². The van der Waals surface area contributed by atoms with Gasteiger partial charge in [-0.1, -0.05) is 6.07 Å². The van der Waals surface area contributed by atoms with E-state index in [9.17, 15) is 0 Å². The number of hydrogen-bond acceptors (Lipinski definition) is 4. The van der Waals surface area contributed by atoms with Crippen LogP contribution in [0.4, 0.5) is 5.69 Å². The van der Waals surface area contributed by atoms with Crippen LogP contribution in [0.2, 0.25) is 0 Å². The molecule has 1 heterocycles. The van der Waals surface area contributed by atoms with Crippen molar-refractivity contribution in [2.24, 2.45) is 0 Å². The maximum Gasteiger partial charge on any atom is 0.121 e. The van der Waals surface area contributed by atoms with Crippen LogP contribution in [0.1, 0.15) is 12.8 Å². The molecular formula is C16H24N2O2. The minimum atomic E-state index is 0.450. The summed E-state index contributed by atoms with van der Waals surface area (Å²) in [6.45, 7) is 4.62. The van der Waals surface area contributed by atoms with Gasteiger partial charge in [-0.3, -0.25) is 4.90 Å². The summed E-state index contributed by atoms with van der Waals surface area (Å²) in [7, 11) is 3.95. The largest absolute Gasteiger partial charge is 0.491 e. The third-order valence-corrected chi connectivity index (χ3v) is 4.57. The van der Waals surface area contributed by atoms with Crippen molar-refractivity contribution in [3.8, 4) is 5.75 Å². The van der Waals surface area contributed by atoms with Gasteiger partial charge in [0.15, 0.2) is 0 Å². The van der Waals surface area contributed by atoms with E-state index in [0.717, 1.165) is 25.4 Å². The summed E-state index contributed by atoms with van der Waals surface area (Å²) >= 11 is 0. The first-order chi connectivity index (χ1) is 9.73. The minimum absolute atomic E-state index is 0.450. The Bertz CT molecular complexity index is 460. The molecule has 1 saturated carbocycles. The van der Waals surface area contributed by atoms with Crippen LogP contribution in [0, 0.1) is 0 Å². The van der Waals surface area contributed by atoms with Gasteiger partial charge >= 0.3 is 0 Å². The maximum atomic E-state index is 5.70. The number of piperazine rings is 1. The summed E-state index contributed by atoms with van der Waals surface area (Å²) in [5.74, 6) is 0.934. The maximum absolute atomic E-state index is 5.70. The molecular weight excluding hydrogens is 252 g/mol. The highest BCUT2D eigenvalue weighted by Crippen LogP contribution is 2.44. The van der Waals surface area contributed by atoms with Gasteiger partial charge in [0.05, 0.1) is 6.61 Å². The molecule has 1 aromatic carbocycles. The van der Waals surface area contributed by atoms with Gasteiger partial charge in [0, 0.05) is 44.0 Å². The smallest absolute Gasteiger partial charge is 0.121 e. The fraction of sp³-hybridized carbons (Fsp3) is 0.625. The van der Waals surface area contributed by atoms with E-state index in [1.165, 1.54) is 18.5 Å². The Labute approximate surface area is 121 Å². The molecule has 0 N–H and O–H groups in total. The van der Waals surface area contributed by atoms with Gasteiger partial charge < -0.3 is 14.4 Å². The number of ether oxygens (including phenoxy) is 2. The highest BCUT2D eigenvalue weighted by Gasteiger charge is 2.49. The SMILES string of the molecule is COCCOc1cccc(N2CCN(C)C3(CC3)C2)c1. The Morgan fingerprint density at radius 3 is 2.80 bits per heavy atom. The number of methoxy groups -OCH3 is 1. The molecule has 1 spiro atoms. The van der Waals surface area contributed by atoms with Crippen LogP contribution in [0.3, 0.4) is 0 Å². The molecule has 1 aliphatic carbocycles. The van der Waals surface area contributed by atoms with E-state index in [1.54, 1.807) is 7.11 Å². The lowest BCUT2D eigenvalue weighted by Gasteiger charge is -2.41. The highest BCUT2D eigenvalue weighted by atomic mass is 16.5. The Kier molecular flexibility index (Phi) is 3.85. The van der Waals surface area contributed by atoms with Crippen molar-refractivity contribution in [3.63, 3.8) is 0 Å². The van der Waals surface area contributed by atoms with Gasteiger partial charge in [-0.2, -0.15) is 0 Å². The average Bonchev–Trinajstić information content (AvgIpc) is 3.23. The van der Waals surface area contributed by atoms with Gasteiger partial charge in [-0.05, 0) is 32.0 Å². The quantitative estimate of drug-likeness (QED) is 0.768. The Balaban J connectivity index is 1.66. The molecule has 1 aromatic rings. The second-order valence-electron chi connectivity index (χ2n) is 5.91. The summed E-state index contributed by atoms with van der Waals surface area (Å²) in [6, 6.07) is 8.43. The lowest BCUT2D eigenvalue weighted by atomic mass is 10.1. The topological polar surface area (TPSA) is 24.9 Å². The number of hydrogen-bond donors (Lipinski definition) is 0. The summed E-state index contributed by atoms with van der Waals surface area (Å²) < 4.78 is 10.7. The number of nitrogens with zero attached hydrogens (tertiary/aromatic N) is 2. The third-order valence-electron chi connectivity index (χ3n) is 4.57. The zero-order valence-electron chi connectivity index (χ0n) is 12.5. The first kappa shape index (κ1) is 13.7. The predicted molar refractivity (Wildman–Crippen MR) is 80.6 cm³/mol. The standard InChI is InChI=1S/C16H24N2O2/c1-17-8-9-18(13-16(17)6-7-16)14-4-3-5-15(12-14)20-11-10-19-2/h3-5,12H,6-11,13H2,1-2H3. The number of anilines is 1. The number of likely N-dealkylation sites (N-methyl/N-ethyl adjacent to an activating group) is 1. The third kappa shape index (κ3) is 2.76. The monoisotopic (exact) mass is 276 g/mol. The van der Waals surface area contributed by atoms with Crippen molar-refractivity contribution in [3.05, 3.63) is 24.3 Å². The number of rotatable bonds is 5. The predicted octanol–water partition coefficient (Wildman–Crippen LogP) is 2.00. The summed E-state index contributed by atoms with van der Waals surface area (Å²) in [5.41, 5.74) is 1.73. The van der Waals surface area contributed by atoms with Gasteiger partial charge in [0.25, 0.3) is 0 Å². The normalized spacial score (nSPS) is 21.2. The second-order valence-corrected chi connectivity index (χ2v) is 5.91. The Morgan fingerprint density at radius 2 is 2.05 bits per heavy atom. The molecule has 0 aromatic heterocycles. The van der Waals surface area contributed by atoms with E-state index in [0.29, 0.717) is 18.8 Å². The molecule has 1 saturated heterocycles. The molecule has 0 radical (unpaired) electrons. The van der Waals surface area contributed by atoms with E-state index in [1.807, 2.05) is 6.07 Å². The molecule has 4 nitrogen and oxygen atoms in total. The first-order valence-electron chi connectivity index (χ1n) is 7.41. The van der Waals surface area contributed by atoms with Gasteiger partial charge in [0.2, 0.25) is 0 Å². The average molecular weight is 276 g/mol. The van der Waals surface area contributed by atoms with Gasteiger partial charge in [-0.15, -0.1) is 0 Å². The van der Waals surface area contributed by atoms with Crippen LogP contribution in [-0.2, 0) is 4.74 Å². The zero-order chi connectivity index (χ0) is 14.0. The van der Waals surface area contributed by atoms with Crippen LogP contribution in [0.15, 0.2) is 24.3 Å². The number of benzene rings is 1. The molecule has 0 atom stereocenters. The van der Waals surface area contributed by atoms with Crippen molar-refractivity contribution >= 4 is 5.69 Å². The Morgan fingerprint density at radius 1 is 1.20 bits per heavy atom. The molecule has 1 aliphatic heterocycles. The van der Waals surface area contributed by atoms with Gasteiger partial charge in [-0.25, -0.2) is 0 Å². The van der Waals surface area contributed by atoms with E-state index in [-0.39, 0.29) is 0 Å². The summed E-state index contributed by atoms with van der Waals surface area (Å²) in [4.78, 5) is 5.03. The molecule has 20 heavy (non-hydrogen) atoms. The van der Waals surface area contributed by atoms with Crippen LogP contribution in [0.25, 0.3) is 0 Å². The Hall–Kier alpha value is -1.26. The lowest BCUT2D eigenvalue weighted by molar-refractivity contribution is 0.146. The summed E-state index contributed by atoms with van der Waals surface area (Å²) in [6.07, 6.45) is 2.67. The lowest BCUT2D eigenvalue weighted by Crippen LogP contribution is -2.53. The van der Waals surface area contributed by atoms with Crippen molar-refractivity contribution in [2.75, 3.05) is 51.9 Å². The van der Waals surface area contributed by atoms with Crippen LogP contribution < -0.4 is 9.64 Å². The van der Waals surface area contributed by atoms with Crippen molar-refractivity contribution in [1.82, 2.24) is 4.90 Å². The fourth-order valence-corrected chi connectivity index (χ4v) is 2.98. The van der Waals surface area contributed by atoms with E-state index in [4.69, 9.17) is 9.47 Å². The molecule has 110 valence electrons. The zero-order valence-corrected chi connectivity index (χ0v) is 12.5. The van der Waals surface area contributed by atoms with E-state index in [2.05, 4.69) is 35.0 Å². The van der Waals surface area contributed by atoms with Gasteiger partial charge in [0.1, 0.15) is 12.4 Å². The van der Waals surface area contributed by atoms with Crippen LogP contribution in [0.5, 0.6) is 5.75 Å². The molecule has 2 fully saturated rings. The molecule has 4 heteroatoms. The minimum Gasteiger partial charge on any atom is -0.491 e. The fourth-order valence-electron chi connectivity index (χ4n) is 2.98. The van der Waals surface area contributed by atoms with Crippen molar-refractivity contribution in [2.45, 2.75) is 18.4 Å². The highest BCUT2D eigenvalue weighted by molar-refractivity contribution is 5.52. The molecule has 2 aliphatic rings. The molecule has 3 rings (SSSR count). The van der Waals surface area contributed by atoms with Crippen LogP contribution in [-0.4, -0.2) is 57.4 Å². The molecule has 0 unspecified atom stereocenters. The van der Waals surface area contributed by atoms with E-state index < -0.39 is 0 Å². The molecule has 0 bridgehead atoms. The van der Waals surface area contributed by atoms with Crippen molar-refractivity contribution in [1.29, 1.82) is 0 Å². The first-order valence-corrected chi connectivity index (χ1v) is 7.41. The van der Waals surface area contributed by atoms with Crippen LogP contribution >= 0.6 is 0 Å². The van der Waals surface area contributed by atoms with Crippen molar-refractivity contribution < 1.29 is 9.47 Å². The second kappa shape index (κ2) is 5.62.